The lowest BCUT2D eigenvalue weighted by molar-refractivity contribution is -0.141. The van der Waals surface area contributed by atoms with Crippen LogP contribution in [0.1, 0.15) is 48.7 Å². The second kappa shape index (κ2) is 9.04. The number of carboxylic acid groups (broad SMARTS) is 1. The molecule has 3 rings (SSSR count). The Bertz CT molecular complexity index is 1180. The molecule has 2 amide bonds. The number of amides is 2. The predicted molar refractivity (Wildman–Crippen MR) is 117 cm³/mol. The zero-order valence-corrected chi connectivity index (χ0v) is 17.8. The first-order valence-corrected chi connectivity index (χ1v) is 10.5. The minimum absolute atomic E-state index is 0.138. The van der Waals surface area contributed by atoms with E-state index >= 15 is 0 Å². The molecule has 8 heteroatoms. The van der Waals surface area contributed by atoms with Crippen LogP contribution in [0.2, 0.25) is 0 Å². The molecule has 2 N–H and O–H groups in total. The predicted octanol–water partition coefficient (Wildman–Crippen LogP) is 4.14. The molecule has 156 valence electrons. The first-order chi connectivity index (χ1) is 14.3. The van der Waals surface area contributed by atoms with Crippen LogP contribution in [0.3, 0.4) is 0 Å². The van der Waals surface area contributed by atoms with Gasteiger partial charge in [0.2, 0.25) is 5.91 Å². The van der Waals surface area contributed by atoms with Crippen LogP contribution in [0, 0.1) is 6.92 Å². The number of carbonyl (C=O) groups is 3. The van der Waals surface area contributed by atoms with E-state index in [0.29, 0.717) is 34.4 Å². The van der Waals surface area contributed by atoms with Crippen LogP contribution in [0.4, 0.5) is 5.69 Å². The first-order valence-electron chi connectivity index (χ1n) is 9.67. The van der Waals surface area contributed by atoms with E-state index < -0.39 is 17.9 Å². The van der Waals surface area contributed by atoms with Gasteiger partial charge in [-0.05, 0) is 43.7 Å². The molecule has 30 heavy (non-hydrogen) atoms. The van der Waals surface area contributed by atoms with Crippen molar-refractivity contribution in [2.24, 2.45) is 4.99 Å². The van der Waals surface area contributed by atoms with Crippen molar-refractivity contribution in [1.29, 1.82) is 0 Å². The fraction of sp³-hybridized carbons (Fsp3) is 0.273. The van der Waals surface area contributed by atoms with E-state index in [1.807, 2.05) is 19.1 Å². The molecule has 0 radical (unpaired) electrons. The van der Waals surface area contributed by atoms with Gasteiger partial charge >= 0.3 is 5.97 Å². The lowest BCUT2D eigenvalue weighted by Crippen LogP contribution is -2.27. The fourth-order valence-corrected chi connectivity index (χ4v) is 4.11. The van der Waals surface area contributed by atoms with E-state index in [0.717, 1.165) is 10.3 Å². The van der Waals surface area contributed by atoms with Crippen LogP contribution in [0.5, 0.6) is 0 Å². The summed E-state index contributed by atoms with van der Waals surface area (Å²) in [6.45, 7) is 5.45. The Labute approximate surface area is 177 Å². The van der Waals surface area contributed by atoms with Gasteiger partial charge in [-0.1, -0.05) is 42.9 Å². The largest absolute Gasteiger partial charge is 0.480 e. The second-order valence-electron chi connectivity index (χ2n) is 6.88. The van der Waals surface area contributed by atoms with Crippen LogP contribution in [0.25, 0.3) is 10.2 Å². The number of anilines is 1. The quantitative estimate of drug-likeness (QED) is 0.620. The lowest BCUT2D eigenvalue weighted by Gasteiger charge is -2.14. The van der Waals surface area contributed by atoms with Gasteiger partial charge in [-0.15, -0.1) is 0 Å². The molecular weight excluding hydrogens is 402 g/mol. The third-order valence-corrected chi connectivity index (χ3v) is 5.75. The molecule has 1 heterocycles. The highest BCUT2D eigenvalue weighted by Gasteiger charge is 2.22. The zero-order valence-electron chi connectivity index (χ0n) is 17.0. The van der Waals surface area contributed by atoms with E-state index in [-0.39, 0.29) is 5.91 Å². The number of nitrogens with one attached hydrogen (secondary N) is 1. The number of hydrogen-bond acceptors (Lipinski definition) is 4. The van der Waals surface area contributed by atoms with Gasteiger partial charge in [0.1, 0.15) is 6.04 Å². The van der Waals surface area contributed by atoms with E-state index in [9.17, 15) is 19.5 Å². The van der Waals surface area contributed by atoms with E-state index in [1.165, 1.54) is 11.3 Å². The highest BCUT2D eigenvalue weighted by Crippen LogP contribution is 2.26. The summed E-state index contributed by atoms with van der Waals surface area (Å²) in [6, 6.07) is 11.4. The van der Waals surface area contributed by atoms with E-state index in [1.54, 1.807) is 48.7 Å². The van der Waals surface area contributed by atoms with Crippen molar-refractivity contribution in [3.05, 3.63) is 58.4 Å². The van der Waals surface area contributed by atoms with Gasteiger partial charge in [-0.2, -0.15) is 4.99 Å². The Kier molecular flexibility index (Phi) is 6.47. The monoisotopic (exact) mass is 425 g/mol. The minimum atomic E-state index is -1.01. The number of benzene rings is 2. The molecule has 7 nitrogen and oxygen atoms in total. The lowest BCUT2D eigenvalue weighted by atomic mass is 10.1. The van der Waals surface area contributed by atoms with Gasteiger partial charge in [0, 0.05) is 17.7 Å². The third kappa shape index (κ3) is 4.49. The standard InChI is InChI=1S/C22H23N3O4S/c1-4-16(21(28)29)25-17-12-15(23-19(26)5-2)10-11-18(17)30-22(25)24-20(27)14-8-6-13(3)7-9-14/h6-12,16H,4-5H2,1-3H3,(H,23,26)(H,28,29). The van der Waals surface area contributed by atoms with Crippen molar-refractivity contribution < 1.29 is 19.5 Å². The van der Waals surface area contributed by atoms with Crippen molar-refractivity contribution in [2.45, 2.75) is 39.7 Å². The van der Waals surface area contributed by atoms with Gasteiger partial charge < -0.3 is 15.0 Å². The number of rotatable bonds is 6. The summed E-state index contributed by atoms with van der Waals surface area (Å²) in [6.07, 6.45) is 0.651. The number of carboxylic acids is 1. The molecule has 0 fully saturated rings. The molecule has 0 aliphatic heterocycles. The summed E-state index contributed by atoms with van der Waals surface area (Å²) in [5.74, 6) is -1.58. The summed E-state index contributed by atoms with van der Waals surface area (Å²) in [4.78, 5) is 40.9. The summed E-state index contributed by atoms with van der Waals surface area (Å²) in [7, 11) is 0. The number of fused-ring (bicyclic) bond motifs is 1. The molecule has 0 bridgehead atoms. The molecule has 1 atom stereocenters. The number of aromatic nitrogens is 1. The Morgan fingerprint density at radius 1 is 1.13 bits per heavy atom. The SMILES string of the molecule is CCC(=O)Nc1ccc2sc(=NC(=O)c3ccc(C)cc3)n(C(CC)C(=O)O)c2c1. The summed E-state index contributed by atoms with van der Waals surface area (Å²) < 4.78 is 2.34. The average molecular weight is 426 g/mol. The van der Waals surface area contributed by atoms with Crippen molar-refractivity contribution in [3.8, 4) is 0 Å². The second-order valence-corrected chi connectivity index (χ2v) is 7.89. The highest BCUT2D eigenvalue weighted by molar-refractivity contribution is 7.16. The van der Waals surface area contributed by atoms with Crippen LogP contribution in [-0.2, 0) is 9.59 Å². The van der Waals surface area contributed by atoms with Crippen molar-refractivity contribution in [3.63, 3.8) is 0 Å². The zero-order chi connectivity index (χ0) is 21.8. The maximum Gasteiger partial charge on any atom is 0.326 e. The minimum Gasteiger partial charge on any atom is -0.480 e. The molecule has 0 aliphatic carbocycles. The Hall–Kier alpha value is -3.26. The number of carbonyl (C=O) groups excluding carboxylic acids is 2. The van der Waals surface area contributed by atoms with Crippen molar-refractivity contribution in [1.82, 2.24) is 4.57 Å². The number of aryl methyl sites for hydroxylation is 1. The molecule has 3 aromatic rings. The average Bonchev–Trinajstić information content (AvgIpc) is 3.06. The Morgan fingerprint density at radius 3 is 2.43 bits per heavy atom. The Balaban J connectivity index is 2.19. The molecule has 1 aromatic heterocycles. The van der Waals surface area contributed by atoms with Gasteiger partial charge in [-0.25, -0.2) is 4.79 Å². The third-order valence-electron chi connectivity index (χ3n) is 4.71. The van der Waals surface area contributed by atoms with Gasteiger partial charge in [0.05, 0.1) is 10.2 Å². The molecule has 1 unspecified atom stereocenters. The van der Waals surface area contributed by atoms with E-state index in [2.05, 4.69) is 10.3 Å². The maximum atomic E-state index is 12.7. The number of hydrogen-bond donors (Lipinski definition) is 2. The number of thiazole rings is 1. The van der Waals surface area contributed by atoms with Crippen LogP contribution in [-0.4, -0.2) is 27.5 Å². The maximum absolute atomic E-state index is 12.7. The summed E-state index contributed by atoms with van der Waals surface area (Å²) in [5, 5.41) is 12.5. The van der Waals surface area contributed by atoms with Crippen molar-refractivity contribution in [2.75, 3.05) is 5.32 Å². The molecular formula is C22H23N3O4S. The normalized spacial score (nSPS) is 12.7. The topological polar surface area (TPSA) is 101 Å². The molecule has 0 spiro atoms. The number of nitrogens with zero attached hydrogens (tertiary/aromatic N) is 2. The highest BCUT2D eigenvalue weighted by atomic mass is 32.1. The van der Waals surface area contributed by atoms with E-state index in [4.69, 9.17) is 0 Å². The van der Waals surface area contributed by atoms with Gasteiger partial charge in [-0.3, -0.25) is 9.59 Å². The van der Waals surface area contributed by atoms with Crippen LogP contribution >= 0.6 is 11.3 Å². The first kappa shape index (κ1) is 21.4. The molecule has 0 aliphatic rings. The van der Waals surface area contributed by atoms with Crippen molar-refractivity contribution >= 4 is 45.0 Å². The molecule has 2 aromatic carbocycles. The molecule has 0 saturated heterocycles. The van der Waals surface area contributed by atoms with Gasteiger partial charge in [0.15, 0.2) is 4.80 Å². The van der Waals surface area contributed by atoms with Gasteiger partial charge in [0.25, 0.3) is 5.91 Å². The fourth-order valence-electron chi connectivity index (χ4n) is 3.06. The Morgan fingerprint density at radius 2 is 1.83 bits per heavy atom. The summed E-state index contributed by atoms with van der Waals surface area (Å²) in [5.41, 5.74) is 2.64. The van der Waals surface area contributed by atoms with Crippen LogP contribution < -0.4 is 10.1 Å². The number of aliphatic carboxylic acids is 1. The van der Waals surface area contributed by atoms with Crippen LogP contribution in [0.15, 0.2) is 47.5 Å². The smallest absolute Gasteiger partial charge is 0.326 e. The summed E-state index contributed by atoms with van der Waals surface area (Å²) >= 11 is 1.24. The molecule has 0 saturated carbocycles.